The molecule has 1 aromatic heterocycles. The third kappa shape index (κ3) is 2.10. The molecule has 0 aliphatic carbocycles. The van der Waals surface area contributed by atoms with Crippen LogP contribution >= 0.6 is 11.6 Å². The molecule has 0 fully saturated rings. The summed E-state index contributed by atoms with van der Waals surface area (Å²) in [5.41, 5.74) is 3.65. The van der Waals surface area contributed by atoms with E-state index in [-0.39, 0.29) is 11.7 Å². The van der Waals surface area contributed by atoms with Crippen LogP contribution in [0.2, 0.25) is 0 Å². The lowest BCUT2D eigenvalue weighted by molar-refractivity contribution is 0.629. The van der Waals surface area contributed by atoms with Crippen molar-refractivity contribution in [3.05, 3.63) is 59.7 Å². The molecule has 0 N–H and O–H groups in total. The number of aromatic nitrogens is 2. The van der Waals surface area contributed by atoms with E-state index in [0.29, 0.717) is 11.3 Å². The molecule has 96 valence electrons. The predicted molar refractivity (Wildman–Crippen MR) is 75.3 cm³/mol. The SMILES string of the molecule is Cc1ccc(-n2c(CCl)nc3cc(F)ccc32)cc1. The Morgan fingerprint density at radius 1 is 1.16 bits per heavy atom. The molecule has 0 amide bonds. The van der Waals surface area contributed by atoms with Crippen molar-refractivity contribution in [2.75, 3.05) is 0 Å². The van der Waals surface area contributed by atoms with Crippen LogP contribution in [-0.2, 0) is 5.88 Å². The number of aryl methyl sites for hydroxylation is 1. The van der Waals surface area contributed by atoms with Gasteiger partial charge in [-0.05, 0) is 31.2 Å². The quantitative estimate of drug-likeness (QED) is 0.640. The summed E-state index contributed by atoms with van der Waals surface area (Å²) in [5.74, 6) is 0.706. The van der Waals surface area contributed by atoms with Crippen molar-refractivity contribution in [1.82, 2.24) is 9.55 Å². The average molecular weight is 275 g/mol. The Kier molecular flexibility index (Phi) is 2.99. The fourth-order valence-electron chi connectivity index (χ4n) is 2.17. The largest absolute Gasteiger partial charge is 0.295 e. The van der Waals surface area contributed by atoms with Crippen LogP contribution < -0.4 is 0 Å². The van der Waals surface area contributed by atoms with Gasteiger partial charge in [-0.1, -0.05) is 17.7 Å². The number of hydrogen-bond acceptors (Lipinski definition) is 1. The second-order valence-electron chi connectivity index (χ2n) is 4.47. The van der Waals surface area contributed by atoms with Gasteiger partial charge in [0.25, 0.3) is 0 Å². The van der Waals surface area contributed by atoms with E-state index in [2.05, 4.69) is 4.98 Å². The molecule has 0 spiro atoms. The summed E-state index contributed by atoms with van der Waals surface area (Å²) >= 11 is 5.95. The van der Waals surface area contributed by atoms with Gasteiger partial charge in [0.05, 0.1) is 16.9 Å². The summed E-state index contributed by atoms with van der Waals surface area (Å²) in [6.45, 7) is 2.04. The first kappa shape index (κ1) is 12.2. The van der Waals surface area contributed by atoms with Gasteiger partial charge in [-0.3, -0.25) is 4.57 Å². The van der Waals surface area contributed by atoms with Gasteiger partial charge in [0.15, 0.2) is 0 Å². The monoisotopic (exact) mass is 274 g/mol. The molecule has 3 aromatic rings. The lowest BCUT2D eigenvalue weighted by Gasteiger charge is -2.08. The first-order valence-electron chi connectivity index (χ1n) is 5.99. The normalized spacial score (nSPS) is 11.1. The van der Waals surface area contributed by atoms with Crippen LogP contribution in [0.5, 0.6) is 0 Å². The maximum absolute atomic E-state index is 13.3. The van der Waals surface area contributed by atoms with Gasteiger partial charge in [0, 0.05) is 11.8 Å². The highest BCUT2D eigenvalue weighted by Crippen LogP contribution is 2.23. The smallest absolute Gasteiger partial charge is 0.129 e. The molecule has 0 atom stereocenters. The molecule has 0 aliphatic heterocycles. The van der Waals surface area contributed by atoms with E-state index in [0.717, 1.165) is 11.2 Å². The van der Waals surface area contributed by atoms with Gasteiger partial charge in [-0.2, -0.15) is 0 Å². The Balaban J connectivity index is 2.29. The maximum Gasteiger partial charge on any atom is 0.129 e. The zero-order valence-electron chi connectivity index (χ0n) is 10.4. The topological polar surface area (TPSA) is 17.8 Å². The average Bonchev–Trinajstić information content (AvgIpc) is 2.77. The van der Waals surface area contributed by atoms with E-state index in [9.17, 15) is 4.39 Å². The van der Waals surface area contributed by atoms with Crippen LogP contribution in [0, 0.1) is 12.7 Å². The Hall–Kier alpha value is -1.87. The molecule has 0 aliphatic rings. The third-order valence-corrected chi connectivity index (χ3v) is 3.34. The Morgan fingerprint density at radius 3 is 2.58 bits per heavy atom. The lowest BCUT2D eigenvalue weighted by atomic mass is 10.2. The Labute approximate surface area is 115 Å². The number of fused-ring (bicyclic) bond motifs is 1. The second-order valence-corrected chi connectivity index (χ2v) is 4.73. The molecule has 1 heterocycles. The molecular formula is C15H12ClFN2. The molecular weight excluding hydrogens is 263 g/mol. The number of nitrogens with zero attached hydrogens (tertiary/aromatic N) is 2. The van der Waals surface area contributed by atoms with E-state index in [1.165, 1.54) is 17.7 Å². The standard InChI is InChI=1S/C15H12ClFN2/c1-10-2-5-12(6-3-10)19-14-7-4-11(17)8-13(14)18-15(19)9-16/h2-8H,9H2,1H3. The van der Waals surface area contributed by atoms with E-state index >= 15 is 0 Å². The van der Waals surface area contributed by atoms with Crippen LogP contribution in [0.1, 0.15) is 11.4 Å². The zero-order chi connectivity index (χ0) is 13.4. The fourth-order valence-corrected chi connectivity index (χ4v) is 2.35. The van der Waals surface area contributed by atoms with Crippen LogP contribution in [0.15, 0.2) is 42.5 Å². The van der Waals surface area contributed by atoms with E-state index in [1.807, 2.05) is 35.8 Å². The van der Waals surface area contributed by atoms with Gasteiger partial charge >= 0.3 is 0 Å². The second kappa shape index (κ2) is 4.67. The molecule has 2 nitrogen and oxygen atoms in total. The van der Waals surface area contributed by atoms with Crippen molar-refractivity contribution >= 4 is 22.6 Å². The van der Waals surface area contributed by atoms with Crippen LogP contribution in [0.4, 0.5) is 4.39 Å². The number of benzene rings is 2. The molecule has 0 radical (unpaired) electrons. The van der Waals surface area contributed by atoms with Crippen molar-refractivity contribution in [3.8, 4) is 5.69 Å². The maximum atomic E-state index is 13.3. The zero-order valence-corrected chi connectivity index (χ0v) is 11.2. The third-order valence-electron chi connectivity index (χ3n) is 3.10. The summed E-state index contributed by atoms with van der Waals surface area (Å²) in [4.78, 5) is 4.38. The number of alkyl halides is 1. The number of rotatable bonds is 2. The van der Waals surface area contributed by atoms with Crippen molar-refractivity contribution in [2.24, 2.45) is 0 Å². The van der Waals surface area contributed by atoms with Gasteiger partial charge in [0.2, 0.25) is 0 Å². The molecule has 4 heteroatoms. The minimum absolute atomic E-state index is 0.282. The van der Waals surface area contributed by atoms with Crippen molar-refractivity contribution in [3.63, 3.8) is 0 Å². The first-order valence-corrected chi connectivity index (χ1v) is 6.52. The van der Waals surface area contributed by atoms with Crippen molar-refractivity contribution in [2.45, 2.75) is 12.8 Å². The summed E-state index contributed by atoms with van der Waals surface area (Å²) in [5, 5.41) is 0. The summed E-state index contributed by atoms with van der Waals surface area (Å²) in [6, 6.07) is 12.7. The molecule has 0 unspecified atom stereocenters. The van der Waals surface area contributed by atoms with Crippen LogP contribution in [-0.4, -0.2) is 9.55 Å². The fraction of sp³-hybridized carbons (Fsp3) is 0.133. The molecule has 0 saturated carbocycles. The number of hydrogen-bond donors (Lipinski definition) is 0. The molecule has 2 aromatic carbocycles. The highest BCUT2D eigenvalue weighted by atomic mass is 35.5. The molecule has 0 bridgehead atoms. The molecule has 3 rings (SSSR count). The van der Waals surface area contributed by atoms with Gasteiger partial charge < -0.3 is 0 Å². The first-order chi connectivity index (χ1) is 9.19. The van der Waals surface area contributed by atoms with Crippen LogP contribution in [0.3, 0.4) is 0 Å². The summed E-state index contributed by atoms with van der Waals surface area (Å²) in [6.07, 6.45) is 0. The van der Waals surface area contributed by atoms with Gasteiger partial charge in [-0.15, -0.1) is 11.6 Å². The van der Waals surface area contributed by atoms with Gasteiger partial charge in [0.1, 0.15) is 11.6 Å². The number of halogens is 2. The minimum atomic E-state index is -0.290. The van der Waals surface area contributed by atoms with E-state index in [1.54, 1.807) is 6.07 Å². The highest BCUT2D eigenvalue weighted by Gasteiger charge is 2.12. The Bertz CT molecular complexity index is 732. The number of imidazole rings is 1. The summed E-state index contributed by atoms with van der Waals surface area (Å²) < 4.78 is 15.2. The molecule has 19 heavy (non-hydrogen) atoms. The predicted octanol–water partition coefficient (Wildman–Crippen LogP) is 4.21. The lowest BCUT2D eigenvalue weighted by Crippen LogP contribution is -1.99. The summed E-state index contributed by atoms with van der Waals surface area (Å²) in [7, 11) is 0. The van der Waals surface area contributed by atoms with E-state index < -0.39 is 0 Å². The van der Waals surface area contributed by atoms with Crippen molar-refractivity contribution in [1.29, 1.82) is 0 Å². The Morgan fingerprint density at radius 2 is 1.89 bits per heavy atom. The highest BCUT2D eigenvalue weighted by molar-refractivity contribution is 6.17. The van der Waals surface area contributed by atoms with Crippen LogP contribution in [0.25, 0.3) is 16.7 Å². The minimum Gasteiger partial charge on any atom is -0.295 e. The molecule has 0 saturated heterocycles. The van der Waals surface area contributed by atoms with Crippen molar-refractivity contribution < 1.29 is 4.39 Å². The van der Waals surface area contributed by atoms with Gasteiger partial charge in [-0.25, -0.2) is 9.37 Å². The van der Waals surface area contributed by atoms with E-state index in [4.69, 9.17) is 11.6 Å².